The Morgan fingerprint density at radius 3 is 2.76 bits per heavy atom. The summed E-state index contributed by atoms with van der Waals surface area (Å²) in [4.78, 5) is 29.9. The number of carbonyl (C=O) groups excluding carboxylic acids is 2. The van der Waals surface area contributed by atoms with E-state index in [9.17, 15) is 14.0 Å². The number of anilines is 1. The summed E-state index contributed by atoms with van der Waals surface area (Å²) < 4.78 is 25.9. The third kappa shape index (κ3) is 4.85. The van der Waals surface area contributed by atoms with Crippen LogP contribution >= 0.6 is 23.2 Å². The Kier molecular flexibility index (Phi) is 6.93. The van der Waals surface area contributed by atoms with Crippen molar-refractivity contribution < 1.29 is 23.5 Å². The van der Waals surface area contributed by atoms with Crippen molar-refractivity contribution in [3.63, 3.8) is 0 Å². The molecule has 1 aliphatic rings. The largest absolute Gasteiger partial charge is 0.484 e. The molecule has 9 heteroatoms. The molecule has 1 aromatic heterocycles. The smallest absolute Gasteiger partial charge is 0.263 e. The van der Waals surface area contributed by atoms with Crippen LogP contribution in [-0.2, 0) is 4.74 Å². The van der Waals surface area contributed by atoms with Gasteiger partial charge in [0.25, 0.3) is 5.91 Å². The average Bonchev–Trinajstić information content (AvgIpc) is 3.32. The van der Waals surface area contributed by atoms with Gasteiger partial charge in [0, 0.05) is 41.4 Å². The summed E-state index contributed by atoms with van der Waals surface area (Å²) in [7, 11) is 1.46. The summed E-state index contributed by atoms with van der Waals surface area (Å²) in [6.07, 6.45) is 2.66. The number of aldehydes is 1. The highest BCUT2D eigenvalue weighted by atomic mass is 35.5. The summed E-state index contributed by atoms with van der Waals surface area (Å²) in [6, 6.07) is 10.6. The summed E-state index contributed by atoms with van der Waals surface area (Å²) >= 11 is 12.4. The Morgan fingerprint density at radius 1 is 1.24 bits per heavy atom. The van der Waals surface area contributed by atoms with E-state index < -0.39 is 11.7 Å². The summed E-state index contributed by atoms with van der Waals surface area (Å²) in [5, 5.41) is 0.417. The van der Waals surface area contributed by atoms with Crippen molar-refractivity contribution in [2.45, 2.75) is 12.5 Å². The third-order valence-electron chi connectivity index (χ3n) is 5.25. The predicted octanol–water partition coefficient (Wildman–Crippen LogP) is 5.45. The molecule has 0 radical (unpaired) electrons. The van der Waals surface area contributed by atoms with Gasteiger partial charge in [-0.3, -0.25) is 14.5 Å². The molecule has 1 atom stereocenters. The van der Waals surface area contributed by atoms with Crippen LogP contribution in [0.25, 0.3) is 11.1 Å². The fourth-order valence-electron chi connectivity index (χ4n) is 3.51. The number of nitrogens with zero attached hydrogens (tertiary/aromatic N) is 2. The number of halogens is 3. The molecule has 4 rings (SSSR count). The average molecular weight is 489 g/mol. The standard InChI is InChI=1S/C24H19Cl2FN2O4/c1-29(24(31)22-19(26)3-2-4-20(22)27)23-21(33-16-7-8-32-13-16)10-15(11-28-23)17-9-14(12-30)5-6-18(17)25/h2-6,9-12,16H,7-8,13H2,1H3/t16-/m1/s1. The number of benzene rings is 2. The molecule has 0 spiro atoms. The van der Waals surface area contributed by atoms with Gasteiger partial charge in [0.1, 0.15) is 18.2 Å². The van der Waals surface area contributed by atoms with E-state index in [2.05, 4.69) is 4.98 Å². The SMILES string of the molecule is CN(C(=O)c1c(F)cccc1Cl)c1ncc(-c2cc(C=O)ccc2Cl)cc1O[C@@H]1CCOC1. The number of carbonyl (C=O) groups is 2. The molecule has 1 fully saturated rings. The maximum atomic E-state index is 14.4. The van der Waals surface area contributed by atoms with Crippen LogP contribution in [0.4, 0.5) is 10.2 Å². The zero-order valence-corrected chi connectivity index (χ0v) is 19.1. The number of hydrogen-bond acceptors (Lipinski definition) is 5. The summed E-state index contributed by atoms with van der Waals surface area (Å²) in [5.74, 6) is -0.941. The van der Waals surface area contributed by atoms with Crippen LogP contribution in [0.15, 0.2) is 48.7 Å². The van der Waals surface area contributed by atoms with Gasteiger partial charge in [-0.1, -0.05) is 35.3 Å². The van der Waals surface area contributed by atoms with Gasteiger partial charge in [0.05, 0.1) is 23.8 Å². The molecular weight excluding hydrogens is 470 g/mol. The van der Waals surface area contributed by atoms with E-state index in [0.717, 1.165) is 6.29 Å². The van der Waals surface area contributed by atoms with Crippen LogP contribution in [0.5, 0.6) is 5.75 Å². The Balaban J connectivity index is 1.77. The molecule has 2 heterocycles. The Hall–Kier alpha value is -3.00. The van der Waals surface area contributed by atoms with E-state index in [1.807, 2.05) is 0 Å². The van der Waals surface area contributed by atoms with Crippen molar-refractivity contribution in [1.29, 1.82) is 0 Å². The van der Waals surface area contributed by atoms with E-state index in [-0.39, 0.29) is 22.5 Å². The second-order valence-corrected chi connectivity index (χ2v) is 8.28. The van der Waals surface area contributed by atoms with Gasteiger partial charge in [0.15, 0.2) is 11.6 Å². The normalized spacial score (nSPS) is 15.3. The lowest BCUT2D eigenvalue weighted by atomic mass is 10.0. The zero-order valence-electron chi connectivity index (χ0n) is 17.6. The summed E-state index contributed by atoms with van der Waals surface area (Å²) in [5.41, 5.74) is 1.36. The minimum atomic E-state index is -0.736. The van der Waals surface area contributed by atoms with Gasteiger partial charge in [-0.2, -0.15) is 0 Å². The number of ether oxygens (including phenoxy) is 2. The molecule has 170 valence electrons. The van der Waals surface area contributed by atoms with E-state index in [1.165, 1.54) is 36.3 Å². The molecule has 6 nitrogen and oxygen atoms in total. The molecule has 0 saturated carbocycles. The Bertz CT molecular complexity index is 1190. The molecule has 1 amide bonds. The monoisotopic (exact) mass is 488 g/mol. The van der Waals surface area contributed by atoms with Crippen LogP contribution in [-0.4, -0.2) is 43.5 Å². The molecular formula is C24H19Cl2FN2O4. The second-order valence-electron chi connectivity index (χ2n) is 7.47. The van der Waals surface area contributed by atoms with E-state index in [0.29, 0.717) is 47.1 Å². The molecule has 0 N–H and O–H groups in total. The molecule has 0 unspecified atom stereocenters. The summed E-state index contributed by atoms with van der Waals surface area (Å²) in [6.45, 7) is 0.946. The molecule has 33 heavy (non-hydrogen) atoms. The van der Waals surface area contributed by atoms with Crippen LogP contribution in [0, 0.1) is 5.82 Å². The quantitative estimate of drug-likeness (QED) is 0.431. The van der Waals surface area contributed by atoms with Crippen molar-refractivity contribution >= 4 is 41.2 Å². The minimum absolute atomic E-state index is 0.00686. The second kappa shape index (κ2) is 9.87. The first-order valence-corrected chi connectivity index (χ1v) is 10.9. The number of rotatable bonds is 6. The van der Waals surface area contributed by atoms with Crippen LogP contribution in [0.3, 0.4) is 0 Å². The van der Waals surface area contributed by atoms with Crippen molar-refractivity contribution in [2.24, 2.45) is 0 Å². The highest BCUT2D eigenvalue weighted by molar-refractivity contribution is 6.34. The first-order valence-electron chi connectivity index (χ1n) is 10.1. The predicted molar refractivity (Wildman–Crippen MR) is 124 cm³/mol. The zero-order chi connectivity index (χ0) is 23.5. The van der Waals surface area contributed by atoms with Crippen molar-refractivity contribution in [3.8, 4) is 16.9 Å². The fourth-order valence-corrected chi connectivity index (χ4v) is 3.98. The van der Waals surface area contributed by atoms with E-state index >= 15 is 0 Å². The van der Waals surface area contributed by atoms with Crippen molar-refractivity contribution in [1.82, 2.24) is 4.98 Å². The van der Waals surface area contributed by atoms with E-state index in [4.69, 9.17) is 32.7 Å². The lowest BCUT2D eigenvalue weighted by Gasteiger charge is -2.23. The Morgan fingerprint density at radius 2 is 2.06 bits per heavy atom. The van der Waals surface area contributed by atoms with Gasteiger partial charge in [0.2, 0.25) is 0 Å². The van der Waals surface area contributed by atoms with Crippen LogP contribution < -0.4 is 9.64 Å². The first-order chi connectivity index (χ1) is 15.9. The fraction of sp³-hybridized carbons (Fsp3) is 0.208. The molecule has 0 bridgehead atoms. The third-order valence-corrected chi connectivity index (χ3v) is 5.90. The molecule has 1 aliphatic heterocycles. The van der Waals surface area contributed by atoms with E-state index in [1.54, 1.807) is 24.3 Å². The van der Waals surface area contributed by atoms with Crippen LogP contribution in [0.1, 0.15) is 27.1 Å². The maximum absolute atomic E-state index is 14.4. The number of aromatic nitrogens is 1. The topological polar surface area (TPSA) is 68.7 Å². The first kappa shape index (κ1) is 23.2. The lowest BCUT2D eigenvalue weighted by molar-refractivity contribution is 0.0985. The highest BCUT2D eigenvalue weighted by Crippen LogP contribution is 2.36. The van der Waals surface area contributed by atoms with Gasteiger partial charge >= 0.3 is 0 Å². The molecule has 0 aliphatic carbocycles. The molecule has 2 aromatic carbocycles. The number of pyridine rings is 1. The van der Waals surface area contributed by atoms with Crippen molar-refractivity contribution in [2.75, 3.05) is 25.2 Å². The van der Waals surface area contributed by atoms with Gasteiger partial charge in [-0.25, -0.2) is 9.37 Å². The van der Waals surface area contributed by atoms with Gasteiger partial charge in [-0.05, 0) is 30.3 Å². The van der Waals surface area contributed by atoms with Gasteiger partial charge in [-0.15, -0.1) is 0 Å². The molecule has 3 aromatic rings. The van der Waals surface area contributed by atoms with Crippen LogP contribution in [0.2, 0.25) is 10.0 Å². The van der Waals surface area contributed by atoms with Gasteiger partial charge < -0.3 is 9.47 Å². The maximum Gasteiger partial charge on any atom is 0.263 e. The minimum Gasteiger partial charge on any atom is -0.484 e. The number of amides is 1. The highest BCUT2D eigenvalue weighted by Gasteiger charge is 2.26. The lowest BCUT2D eigenvalue weighted by Crippen LogP contribution is -2.29. The molecule has 1 saturated heterocycles. The number of hydrogen-bond donors (Lipinski definition) is 0. The Labute approximate surface area is 199 Å². The van der Waals surface area contributed by atoms with Crippen molar-refractivity contribution in [3.05, 3.63) is 75.7 Å².